The molecule has 1 saturated heterocycles. The zero-order chi connectivity index (χ0) is 21.1. The highest BCUT2D eigenvalue weighted by Crippen LogP contribution is 2.71. The summed E-state index contributed by atoms with van der Waals surface area (Å²) in [6.07, 6.45) is 4.07. The van der Waals surface area contributed by atoms with Crippen molar-refractivity contribution in [2.45, 2.75) is 58.6 Å². The maximum atomic E-state index is 12.1. The summed E-state index contributed by atoms with van der Waals surface area (Å²) in [4.78, 5) is 12.1. The van der Waals surface area contributed by atoms with Gasteiger partial charge >= 0.3 is 0 Å². The van der Waals surface area contributed by atoms with Crippen LogP contribution in [-0.4, -0.2) is 38.9 Å². The molecule has 1 amide bonds. The SMILES string of the molecule is COc1cc2c(cc1[C@H]1OCC[C@@]34C[C@@H](C[C@H]13)C(C)(C)[C@@H]4NC(C)=O)OCCCO2. The van der Waals surface area contributed by atoms with Crippen LogP contribution in [0.1, 0.15) is 58.1 Å². The van der Waals surface area contributed by atoms with Gasteiger partial charge in [-0.3, -0.25) is 4.79 Å². The lowest BCUT2D eigenvalue weighted by atomic mass is 9.58. The number of rotatable bonds is 3. The molecule has 2 aliphatic carbocycles. The highest BCUT2D eigenvalue weighted by molar-refractivity contribution is 5.73. The fourth-order valence-corrected chi connectivity index (χ4v) is 6.90. The van der Waals surface area contributed by atoms with Gasteiger partial charge in [0.05, 0.1) is 26.4 Å². The van der Waals surface area contributed by atoms with Gasteiger partial charge in [-0.2, -0.15) is 0 Å². The predicted octanol–water partition coefficient (Wildman–Crippen LogP) is 3.88. The van der Waals surface area contributed by atoms with Gasteiger partial charge in [0.2, 0.25) is 5.91 Å². The monoisotopic (exact) mass is 415 g/mol. The van der Waals surface area contributed by atoms with Crippen molar-refractivity contribution in [1.82, 2.24) is 5.32 Å². The number of benzene rings is 1. The molecule has 0 radical (unpaired) electrons. The number of amides is 1. The van der Waals surface area contributed by atoms with Crippen LogP contribution >= 0.6 is 0 Å². The zero-order valence-corrected chi connectivity index (χ0v) is 18.5. The lowest BCUT2D eigenvalue weighted by Crippen LogP contribution is -2.58. The van der Waals surface area contributed by atoms with Crippen LogP contribution < -0.4 is 19.5 Å². The van der Waals surface area contributed by atoms with Crippen molar-refractivity contribution in [3.63, 3.8) is 0 Å². The molecule has 0 unspecified atom stereocenters. The van der Waals surface area contributed by atoms with Gasteiger partial charge in [-0.15, -0.1) is 0 Å². The molecule has 2 bridgehead atoms. The van der Waals surface area contributed by atoms with Crippen molar-refractivity contribution in [3.05, 3.63) is 17.7 Å². The first-order valence-electron chi connectivity index (χ1n) is 11.2. The molecule has 2 heterocycles. The average Bonchev–Trinajstić information content (AvgIpc) is 3.08. The quantitative estimate of drug-likeness (QED) is 0.812. The number of hydrogen-bond acceptors (Lipinski definition) is 5. The van der Waals surface area contributed by atoms with E-state index in [1.165, 1.54) is 0 Å². The van der Waals surface area contributed by atoms with Crippen molar-refractivity contribution in [2.75, 3.05) is 26.9 Å². The molecular formula is C24H33NO5. The van der Waals surface area contributed by atoms with Crippen LogP contribution in [0.4, 0.5) is 0 Å². The minimum atomic E-state index is -0.0665. The van der Waals surface area contributed by atoms with Gasteiger partial charge in [-0.1, -0.05) is 13.8 Å². The van der Waals surface area contributed by atoms with Gasteiger partial charge in [0, 0.05) is 37.6 Å². The molecule has 5 rings (SSSR count). The molecular weight excluding hydrogens is 382 g/mol. The van der Waals surface area contributed by atoms with Crippen LogP contribution in [0.2, 0.25) is 0 Å². The van der Waals surface area contributed by atoms with Gasteiger partial charge in [0.15, 0.2) is 11.5 Å². The van der Waals surface area contributed by atoms with Crippen LogP contribution in [0.25, 0.3) is 0 Å². The van der Waals surface area contributed by atoms with E-state index in [2.05, 4.69) is 25.2 Å². The van der Waals surface area contributed by atoms with Crippen molar-refractivity contribution in [2.24, 2.45) is 22.7 Å². The van der Waals surface area contributed by atoms with E-state index in [0.717, 1.165) is 48.5 Å². The molecule has 0 aromatic heterocycles. The summed E-state index contributed by atoms with van der Waals surface area (Å²) in [6.45, 7) is 8.27. The molecule has 3 fully saturated rings. The first kappa shape index (κ1) is 20.0. The normalized spacial score (nSPS) is 36.0. The Morgan fingerprint density at radius 2 is 1.90 bits per heavy atom. The maximum absolute atomic E-state index is 12.1. The molecule has 5 atom stereocenters. The smallest absolute Gasteiger partial charge is 0.217 e. The van der Waals surface area contributed by atoms with E-state index in [-0.39, 0.29) is 28.9 Å². The second kappa shape index (κ2) is 7.04. The average molecular weight is 416 g/mol. The highest BCUT2D eigenvalue weighted by Gasteiger charge is 2.68. The van der Waals surface area contributed by atoms with Crippen LogP contribution in [0.15, 0.2) is 12.1 Å². The van der Waals surface area contributed by atoms with Crippen LogP contribution in [-0.2, 0) is 9.53 Å². The molecule has 6 heteroatoms. The number of ether oxygens (including phenoxy) is 4. The second-order valence-corrected chi connectivity index (χ2v) is 10.1. The molecule has 1 N–H and O–H groups in total. The van der Waals surface area contributed by atoms with E-state index < -0.39 is 0 Å². The Morgan fingerprint density at radius 3 is 2.60 bits per heavy atom. The van der Waals surface area contributed by atoms with Gasteiger partial charge in [-0.05, 0) is 48.0 Å². The molecule has 1 spiro atoms. The minimum Gasteiger partial charge on any atom is -0.496 e. The van der Waals surface area contributed by atoms with Crippen LogP contribution in [0.5, 0.6) is 17.2 Å². The van der Waals surface area contributed by atoms with E-state index in [0.29, 0.717) is 31.7 Å². The Balaban J connectivity index is 1.55. The van der Waals surface area contributed by atoms with Gasteiger partial charge in [-0.25, -0.2) is 0 Å². The summed E-state index contributed by atoms with van der Waals surface area (Å²) in [7, 11) is 1.70. The van der Waals surface area contributed by atoms with Crippen LogP contribution in [0, 0.1) is 22.7 Å². The Kier molecular flexibility index (Phi) is 4.69. The number of carbonyl (C=O) groups excluding carboxylic acids is 1. The largest absolute Gasteiger partial charge is 0.496 e. The zero-order valence-electron chi connectivity index (χ0n) is 18.5. The van der Waals surface area contributed by atoms with Gasteiger partial charge < -0.3 is 24.3 Å². The number of fused-ring (bicyclic) bond motifs is 2. The summed E-state index contributed by atoms with van der Waals surface area (Å²) in [5, 5.41) is 3.34. The van der Waals surface area contributed by atoms with Crippen LogP contribution in [0.3, 0.4) is 0 Å². The second-order valence-electron chi connectivity index (χ2n) is 10.1. The number of carbonyl (C=O) groups is 1. The molecule has 164 valence electrons. The summed E-state index contributed by atoms with van der Waals surface area (Å²) >= 11 is 0. The molecule has 1 aromatic carbocycles. The third kappa shape index (κ3) is 2.83. The van der Waals surface area contributed by atoms with E-state index in [1.807, 2.05) is 6.07 Å². The van der Waals surface area contributed by atoms with Crippen molar-refractivity contribution >= 4 is 5.91 Å². The first-order valence-corrected chi connectivity index (χ1v) is 11.2. The molecule has 6 nitrogen and oxygen atoms in total. The summed E-state index contributed by atoms with van der Waals surface area (Å²) in [5.41, 5.74) is 1.20. The van der Waals surface area contributed by atoms with Crippen molar-refractivity contribution in [1.29, 1.82) is 0 Å². The lowest BCUT2D eigenvalue weighted by Gasteiger charge is -2.53. The number of nitrogens with one attached hydrogen (secondary N) is 1. The fraction of sp³-hybridized carbons (Fsp3) is 0.708. The number of hydrogen-bond donors (Lipinski definition) is 1. The summed E-state index contributed by atoms with van der Waals surface area (Å²) < 4.78 is 24.0. The van der Waals surface area contributed by atoms with Gasteiger partial charge in [0.1, 0.15) is 5.75 Å². The maximum Gasteiger partial charge on any atom is 0.217 e. The summed E-state index contributed by atoms with van der Waals surface area (Å²) in [5.74, 6) is 3.29. The minimum absolute atomic E-state index is 0.0601. The topological polar surface area (TPSA) is 66.0 Å². The Labute approximate surface area is 178 Å². The Hall–Kier alpha value is -1.95. The molecule has 30 heavy (non-hydrogen) atoms. The molecule has 2 aliphatic heterocycles. The van der Waals surface area contributed by atoms with E-state index in [4.69, 9.17) is 18.9 Å². The molecule has 4 aliphatic rings. The third-order valence-electron chi connectivity index (χ3n) is 8.26. The van der Waals surface area contributed by atoms with Crippen molar-refractivity contribution < 1.29 is 23.7 Å². The standard InChI is InChI=1S/C24H33NO5/c1-14(26)25-22-23(2,3)15-10-17-21(30-9-6-24(17,22)13-15)16-11-19-20(12-18(16)27-4)29-8-5-7-28-19/h11-12,15,17,21-22H,5-10,13H2,1-4H3,(H,25,26)/t15-,17-,21-,22+,24-/m1/s1. The molecule has 2 saturated carbocycles. The Bertz CT molecular complexity index is 852. The fourth-order valence-electron chi connectivity index (χ4n) is 6.90. The van der Waals surface area contributed by atoms with E-state index >= 15 is 0 Å². The van der Waals surface area contributed by atoms with E-state index in [1.54, 1.807) is 14.0 Å². The number of methoxy groups -OCH3 is 1. The Morgan fingerprint density at radius 1 is 1.17 bits per heavy atom. The lowest BCUT2D eigenvalue weighted by molar-refractivity contribution is -0.136. The first-order chi connectivity index (χ1) is 14.4. The van der Waals surface area contributed by atoms with Gasteiger partial charge in [0.25, 0.3) is 0 Å². The highest BCUT2D eigenvalue weighted by atomic mass is 16.5. The third-order valence-corrected chi connectivity index (χ3v) is 8.26. The van der Waals surface area contributed by atoms with E-state index in [9.17, 15) is 4.79 Å². The summed E-state index contributed by atoms with van der Waals surface area (Å²) in [6, 6.07) is 4.18. The predicted molar refractivity (Wildman–Crippen MR) is 112 cm³/mol. The van der Waals surface area contributed by atoms with Crippen molar-refractivity contribution in [3.8, 4) is 17.2 Å². The molecule has 1 aromatic rings.